The minimum absolute atomic E-state index is 0.669. The SMILES string of the molecule is OC[C@H]1O[C@@](CO)(O[C@H]2O[C@H](CO)[C@@H](O)[C@H](O)[C@H]2O)[C@@H](O)[C@@H]1O.O[C@H]1[C@H](O)[C@@H](O)[C@H](O)[C@@H](O)[C@H]1O. The largest absolute Gasteiger partial charge is 0.394 e. The van der Waals surface area contributed by atoms with E-state index in [0.29, 0.717) is 0 Å². The first-order chi connectivity index (χ1) is 16.3. The first-order valence-electron chi connectivity index (χ1n) is 10.6. The molecule has 9 atom stereocenters. The first kappa shape index (κ1) is 30.5. The Labute approximate surface area is 197 Å². The highest BCUT2D eigenvalue weighted by molar-refractivity contribution is 4.99. The molecule has 1 aliphatic carbocycles. The summed E-state index contributed by atoms with van der Waals surface area (Å²) in [6.07, 6.45) is -22.5. The van der Waals surface area contributed by atoms with Crippen LogP contribution in [0.2, 0.25) is 0 Å². The van der Waals surface area contributed by atoms with Crippen LogP contribution < -0.4 is 0 Å². The molecule has 0 aromatic rings. The fraction of sp³-hybridized carbons (Fsp3) is 1.00. The van der Waals surface area contributed by atoms with Crippen molar-refractivity contribution in [2.24, 2.45) is 0 Å². The van der Waals surface area contributed by atoms with Crippen molar-refractivity contribution in [1.82, 2.24) is 0 Å². The minimum Gasteiger partial charge on any atom is -0.394 e. The lowest BCUT2D eigenvalue weighted by molar-refractivity contribution is -0.383. The number of aliphatic hydroxyl groups is 14. The van der Waals surface area contributed by atoms with E-state index in [4.69, 9.17) is 55.1 Å². The average molecular weight is 522 g/mol. The molecule has 0 radical (unpaired) electrons. The molecule has 0 spiro atoms. The number of hydrogen-bond acceptors (Lipinski definition) is 17. The van der Waals surface area contributed by atoms with E-state index in [2.05, 4.69) is 0 Å². The van der Waals surface area contributed by atoms with Gasteiger partial charge in [-0.1, -0.05) is 0 Å². The summed E-state index contributed by atoms with van der Waals surface area (Å²) in [5, 5.41) is 131. The standard InChI is InChI=1S/C12H22O11.C6H12O6/c13-1-4-6(16)8(18)9(19)11(21-4)23-12(3-15)10(20)7(17)5(2-14)22-12;7-1-2(8)4(10)6(12)5(11)3(1)9/h4-11,13-20H,1-3H2;1-12H/t4-,5-,6-,7-,8+,9-,10+,11-,12+;1-,2-,3-,4+,5-,6-/m1./s1. The maximum Gasteiger partial charge on any atom is 0.224 e. The molecule has 17 heteroatoms. The van der Waals surface area contributed by atoms with Crippen LogP contribution in [0.15, 0.2) is 0 Å². The molecule has 17 nitrogen and oxygen atoms in total. The van der Waals surface area contributed by atoms with Crippen LogP contribution in [0.25, 0.3) is 0 Å². The van der Waals surface area contributed by atoms with E-state index in [1.54, 1.807) is 0 Å². The second-order valence-corrected chi connectivity index (χ2v) is 8.50. The van der Waals surface area contributed by atoms with Crippen LogP contribution in [0.3, 0.4) is 0 Å². The van der Waals surface area contributed by atoms with Crippen LogP contribution in [-0.4, -0.2) is 183 Å². The van der Waals surface area contributed by atoms with Gasteiger partial charge in [0.2, 0.25) is 5.79 Å². The molecule has 0 unspecified atom stereocenters. The molecule has 0 amide bonds. The Morgan fingerprint density at radius 1 is 0.514 bits per heavy atom. The van der Waals surface area contributed by atoms with E-state index in [1.807, 2.05) is 0 Å². The van der Waals surface area contributed by atoms with Gasteiger partial charge in [-0.3, -0.25) is 0 Å². The number of aliphatic hydroxyl groups excluding tert-OH is 14. The highest BCUT2D eigenvalue weighted by Crippen LogP contribution is 2.35. The van der Waals surface area contributed by atoms with Gasteiger partial charge >= 0.3 is 0 Å². The second-order valence-electron chi connectivity index (χ2n) is 8.50. The lowest BCUT2D eigenvalue weighted by Crippen LogP contribution is -2.63. The van der Waals surface area contributed by atoms with E-state index >= 15 is 0 Å². The molecule has 3 rings (SSSR count). The molecule has 14 N–H and O–H groups in total. The Morgan fingerprint density at radius 2 is 0.914 bits per heavy atom. The van der Waals surface area contributed by atoms with Gasteiger partial charge in [0, 0.05) is 0 Å². The molecule has 208 valence electrons. The molecular weight excluding hydrogens is 488 g/mol. The van der Waals surface area contributed by atoms with Gasteiger partial charge in [0.25, 0.3) is 0 Å². The van der Waals surface area contributed by atoms with Crippen molar-refractivity contribution in [2.75, 3.05) is 19.8 Å². The smallest absolute Gasteiger partial charge is 0.224 e. The van der Waals surface area contributed by atoms with Gasteiger partial charge in [-0.25, -0.2) is 0 Å². The van der Waals surface area contributed by atoms with E-state index in [0.717, 1.165) is 0 Å². The van der Waals surface area contributed by atoms with Crippen LogP contribution in [-0.2, 0) is 14.2 Å². The molecule has 2 saturated heterocycles. The third kappa shape index (κ3) is 5.92. The van der Waals surface area contributed by atoms with Gasteiger partial charge in [-0.15, -0.1) is 0 Å². The minimum atomic E-state index is -2.22. The Bertz CT molecular complexity index is 596. The van der Waals surface area contributed by atoms with Crippen molar-refractivity contribution in [2.45, 2.75) is 91.4 Å². The maximum absolute atomic E-state index is 10.00. The van der Waals surface area contributed by atoms with Crippen LogP contribution >= 0.6 is 0 Å². The molecule has 2 heterocycles. The fourth-order valence-electron chi connectivity index (χ4n) is 3.84. The molecule has 3 aliphatic rings. The topological polar surface area (TPSA) is 311 Å². The van der Waals surface area contributed by atoms with Crippen molar-refractivity contribution in [3.05, 3.63) is 0 Å². The highest BCUT2D eigenvalue weighted by atomic mass is 16.8. The van der Waals surface area contributed by atoms with Crippen LogP contribution in [0.4, 0.5) is 0 Å². The van der Waals surface area contributed by atoms with Gasteiger partial charge in [0.1, 0.15) is 86.0 Å². The van der Waals surface area contributed by atoms with E-state index in [1.165, 1.54) is 0 Å². The van der Waals surface area contributed by atoms with Crippen LogP contribution in [0.1, 0.15) is 0 Å². The van der Waals surface area contributed by atoms with Crippen molar-refractivity contribution >= 4 is 0 Å². The highest BCUT2D eigenvalue weighted by Gasteiger charge is 2.58. The Balaban J connectivity index is 0.000000303. The molecule has 2 aliphatic heterocycles. The normalized spacial score (nSPS) is 52.6. The summed E-state index contributed by atoms with van der Waals surface area (Å²) in [6, 6.07) is 0. The maximum atomic E-state index is 10.00. The number of hydrogen-bond donors (Lipinski definition) is 14. The average Bonchev–Trinajstić information content (AvgIpc) is 3.10. The lowest BCUT2D eigenvalue weighted by Gasteiger charge is -2.43. The zero-order valence-corrected chi connectivity index (χ0v) is 18.2. The van der Waals surface area contributed by atoms with Crippen LogP contribution in [0.5, 0.6) is 0 Å². The zero-order chi connectivity index (χ0) is 26.8. The van der Waals surface area contributed by atoms with Crippen molar-refractivity contribution in [3.63, 3.8) is 0 Å². The summed E-state index contributed by atoms with van der Waals surface area (Å²) in [5.41, 5.74) is 0. The van der Waals surface area contributed by atoms with Gasteiger partial charge in [0.15, 0.2) is 6.29 Å². The van der Waals surface area contributed by atoms with Crippen molar-refractivity contribution in [3.8, 4) is 0 Å². The fourth-order valence-corrected chi connectivity index (χ4v) is 3.84. The molecule has 0 bridgehead atoms. The van der Waals surface area contributed by atoms with Crippen molar-refractivity contribution in [1.29, 1.82) is 0 Å². The summed E-state index contributed by atoms with van der Waals surface area (Å²) in [5.74, 6) is -2.22. The molecule has 0 aromatic heterocycles. The molecular formula is C18H34O17. The molecule has 0 aromatic carbocycles. The predicted octanol–water partition coefficient (Wildman–Crippen LogP) is -9.23. The Kier molecular flexibility index (Phi) is 10.7. The summed E-state index contributed by atoms with van der Waals surface area (Å²) in [4.78, 5) is 0. The monoisotopic (exact) mass is 522 g/mol. The third-order valence-electron chi connectivity index (χ3n) is 6.17. The van der Waals surface area contributed by atoms with Crippen molar-refractivity contribution < 1.29 is 85.7 Å². The Morgan fingerprint density at radius 3 is 1.26 bits per heavy atom. The predicted molar refractivity (Wildman–Crippen MR) is 105 cm³/mol. The molecule has 35 heavy (non-hydrogen) atoms. The summed E-state index contributed by atoms with van der Waals surface area (Å²) < 4.78 is 15.4. The van der Waals surface area contributed by atoms with E-state index in [9.17, 15) is 30.6 Å². The van der Waals surface area contributed by atoms with E-state index < -0.39 is 111 Å². The number of ether oxygens (including phenoxy) is 3. The molecule has 3 fully saturated rings. The number of rotatable bonds is 5. The van der Waals surface area contributed by atoms with E-state index in [-0.39, 0.29) is 0 Å². The quantitative estimate of drug-likeness (QED) is 0.159. The first-order valence-corrected chi connectivity index (χ1v) is 10.6. The summed E-state index contributed by atoms with van der Waals surface area (Å²) in [6.45, 7) is -2.32. The second kappa shape index (κ2) is 12.2. The van der Waals surface area contributed by atoms with Gasteiger partial charge in [0.05, 0.1) is 13.2 Å². The molecule has 1 saturated carbocycles. The van der Waals surface area contributed by atoms with Gasteiger partial charge in [-0.05, 0) is 0 Å². The third-order valence-corrected chi connectivity index (χ3v) is 6.17. The Hall–Kier alpha value is -0.680. The summed E-state index contributed by atoms with van der Waals surface area (Å²) in [7, 11) is 0. The van der Waals surface area contributed by atoms with Gasteiger partial charge < -0.3 is 85.7 Å². The lowest BCUT2D eigenvalue weighted by atomic mass is 9.85. The van der Waals surface area contributed by atoms with Gasteiger partial charge in [-0.2, -0.15) is 0 Å². The summed E-state index contributed by atoms with van der Waals surface area (Å²) >= 11 is 0. The zero-order valence-electron chi connectivity index (χ0n) is 18.2. The van der Waals surface area contributed by atoms with Crippen LogP contribution in [0, 0.1) is 0 Å².